The van der Waals surface area contributed by atoms with Crippen LogP contribution in [0.3, 0.4) is 0 Å². The molecule has 0 aliphatic heterocycles. The summed E-state index contributed by atoms with van der Waals surface area (Å²) in [7, 11) is 0. The third-order valence-corrected chi connectivity index (χ3v) is 2.96. The molecule has 0 unspecified atom stereocenters. The van der Waals surface area contributed by atoms with Gasteiger partial charge in [0.05, 0.1) is 11.5 Å². The van der Waals surface area contributed by atoms with Crippen LogP contribution in [-0.2, 0) is 4.79 Å². The molecule has 2 aromatic carbocycles. The highest BCUT2D eigenvalue weighted by Gasteiger charge is 2.02. The lowest BCUT2D eigenvalue weighted by Gasteiger charge is -1.96. The Morgan fingerprint density at radius 1 is 1.17 bits per heavy atom. The lowest BCUT2D eigenvalue weighted by atomic mass is 10.2. The molecule has 0 bridgehead atoms. The highest BCUT2D eigenvalue weighted by atomic mass is 19.1. The first kappa shape index (κ1) is 16.9. The molecule has 0 aromatic heterocycles. The molecule has 2 rings (SSSR count). The Morgan fingerprint density at radius 3 is 2.46 bits per heavy atom. The fourth-order valence-corrected chi connectivity index (χ4v) is 1.75. The molecular formula is C18H13FN2O3. The highest BCUT2D eigenvalue weighted by molar-refractivity contribution is 5.91. The Bertz CT molecular complexity index is 816. The molecule has 1 amide bonds. The zero-order valence-corrected chi connectivity index (χ0v) is 12.5. The number of rotatable bonds is 4. The molecule has 0 atom stereocenters. The van der Waals surface area contributed by atoms with Gasteiger partial charge in [-0.25, -0.2) is 4.39 Å². The number of carbonyl (C=O) groups is 1. The second-order valence-electron chi connectivity index (χ2n) is 4.71. The minimum absolute atomic E-state index is 0.00679. The molecular weight excluding hydrogens is 311 g/mol. The molecule has 120 valence electrons. The van der Waals surface area contributed by atoms with Crippen LogP contribution in [0, 0.1) is 27.8 Å². The number of nitrogens with zero attached hydrogens (tertiary/aromatic N) is 1. The second-order valence-corrected chi connectivity index (χ2v) is 4.71. The summed E-state index contributed by atoms with van der Waals surface area (Å²) in [6.45, 7) is 0.154. The van der Waals surface area contributed by atoms with Crippen LogP contribution >= 0.6 is 0 Å². The Balaban J connectivity index is 1.82. The number of benzene rings is 2. The fourth-order valence-electron chi connectivity index (χ4n) is 1.75. The maximum atomic E-state index is 12.7. The number of carbonyl (C=O) groups excluding carboxylic acids is 1. The van der Waals surface area contributed by atoms with Gasteiger partial charge < -0.3 is 5.32 Å². The van der Waals surface area contributed by atoms with Gasteiger partial charge in [0.25, 0.3) is 5.69 Å². The minimum Gasteiger partial charge on any atom is -0.342 e. The molecule has 0 aliphatic rings. The van der Waals surface area contributed by atoms with Crippen LogP contribution in [0.25, 0.3) is 6.08 Å². The van der Waals surface area contributed by atoms with Crippen molar-refractivity contribution in [2.75, 3.05) is 6.54 Å². The zero-order valence-electron chi connectivity index (χ0n) is 12.5. The summed E-state index contributed by atoms with van der Waals surface area (Å²) in [5.41, 5.74) is 1.33. The Morgan fingerprint density at radius 2 is 1.83 bits per heavy atom. The van der Waals surface area contributed by atoms with E-state index in [1.54, 1.807) is 30.3 Å². The highest BCUT2D eigenvalue weighted by Crippen LogP contribution is 2.12. The molecule has 0 aliphatic carbocycles. The van der Waals surface area contributed by atoms with Gasteiger partial charge in [-0.3, -0.25) is 14.9 Å². The first-order valence-corrected chi connectivity index (χ1v) is 6.99. The standard InChI is InChI=1S/C18H13FN2O3/c19-16-8-3-14(4-9-16)2-1-13-20-18(22)12-7-15-5-10-17(11-6-15)21(23)24/h3-12H,13H2,(H,20,22)/b12-7+. The lowest BCUT2D eigenvalue weighted by Crippen LogP contribution is -2.20. The van der Waals surface area contributed by atoms with Crippen LogP contribution in [0.2, 0.25) is 0 Å². The van der Waals surface area contributed by atoms with Crippen molar-refractivity contribution in [2.24, 2.45) is 0 Å². The van der Waals surface area contributed by atoms with Crippen molar-refractivity contribution in [1.29, 1.82) is 0 Å². The van der Waals surface area contributed by atoms with Gasteiger partial charge in [0.15, 0.2) is 0 Å². The number of nitro benzene ring substituents is 1. The quantitative estimate of drug-likeness (QED) is 0.407. The van der Waals surface area contributed by atoms with Gasteiger partial charge in [-0.15, -0.1) is 0 Å². The van der Waals surface area contributed by atoms with Crippen LogP contribution in [0.5, 0.6) is 0 Å². The van der Waals surface area contributed by atoms with Crippen LogP contribution in [0.15, 0.2) is 54.6 Å². The van der Waals surface area contributed by atoms with Crippen molar-refractivity contribution in [3.63, 3.8) is 0 Å². The van der Waals surface area contributed by atoms with Crippen molar-refractivity contribution in [2.45, 2.75) is 0 Å². The number of nitrogens with one attached hydrogen (secondary N) is 1. The van der Waals surface area contributed by atoms with Crippen LogP contribution < -0.4 is 5.32 Å². The van der Waals surface area contributed by atoms with Gasteiger partial charge in [0.1, 0.15) is 5.82 Å². The number of nitro groups is 1. The van der Waals surface area contributed by atoms with Crippen molar-refractivity contribution in [3.05, 3.63) is 81.7 Å². The van der Waals surface area contributed by atoms with Crippen molar-refractivity contribution < 1.29 is 14.1 Å². The summed E-state index contributed by atoms with van der Waals surface area (Å²) in [5, 5.41) is 13.1. The van der Waals surface area contributed by atoms with Gasteiger partial charge >= 0.3 is 0 Å². The largest absolute Gasteiger partial charge is 0.342 e. The van der Waals surface area contributed by atoms with Gasteiger partial charge in [-0.2, -0.15) is 0 Å². The van der Waals surface area contributed by atoms with Gasteiger partial charge in [0, 0.05) is 23.8 Å². The van der Waals surface area contributed by atoms with Gasteiger partial charge in [0.2, 0.25) is 5.91 Å². The monoisotopic (exact) mass is 324 g/mol. The predicted molar refractivity (Wildman–Crippen MR) is 88.4 cm³/mol. The van der Waals surface area contributed by atoms with Crippen LogP contribution in [0.4, 0.5) is 10.1 Å². The van der Waals surface area contributed by atoms with E-state index < -0.39 is 4.92 Å². The molecule has 1 N–H and O–H groups in total. The third kappa shape index (κ3) is 5.39. The van der Waals surface area contributed by atoms with E-state index in [0.717, 1.165) is 0 Å². The number of hydrogen-bond donors (Lipinski definition) is 1. The van der Waals surface area contributed by atoms with E-state index in [0.29, 0.717) is 11.1 Å². The van der Waals surface area contributed by atoms with E-state index >= 15 is 0 Å². The van der Waals surface area contributed by atoms with Crippen LogP contribution in [-0.4, -0.2) is 17.4 Å². The molecule has 5 nitrogen and oxygen atoms in total. The van der Waals surface area contributed by atoms with E-state index in [1.807, 2.05) is 0 Å². The summed E-state index contributed by atoms with van der Waals surface area (Å²) < 4.78 is 12.7. The number of hydrogen-bond acceptors (Lipinski definition) is 3. The first-order valence-electron chi connectivity index (χ1n) is 6.99. The SMILES string of the molecule is O=C(/C=C/c1ccc([N+](=O)[O-])cc1)NCC#Cc1ccc(F)cc1. The maximum absolute atomic E-state index is 12.7. The average molecular weight is 324 g/mol. The lowest BCUT2D eigenvalue weighted by molar-refractivity contribution is -0.384. The van der Waals surface area contributed by atoms with E-state index in [4.69, 9.17) is 0 Å². The Labute approximate surface area is 138 Å². The molecule has 0 spiro atoms. The third-order valence-electron chi connectivity index (χ3n) is 2.96. The van der Waals surface area contributed by atoms with Gasteiger partial charge in [-0.1, -0.05) is 11.8 Å². The van der Waals surface area contributed by atoms with Crippen molar-refractivity contribution in [3.8, 4) is 11.8 Å². The molecule has 0 saturated carbocycles. The summed E-state index contributed by atoms with van der Waals surface area (Å²) in [6, 6.07) is 11.6. The molecule has 0 radical (unpaired) electrons. The Kier molecular flexibility index (Phi) is 5.81. The molecule has 0 heterocycles. The normalized spacial score (nSPS) is 10.0. The fraction of sp³-hybridized carbons (Fsp3) is 0.0556. The summed E-state index contributed by atoms with van der Waals surface area (Å²) in [4.78, 5) is 21.7. The van der Waals surface area contributed by atoms with E-state index in [2.05, 4.69) is 17.2 Å². The molecule has 0 saturated heterocycles. The summed E-state index contributed by atoms with van der Waals surface area (Å²) in [5.74, 6) is 4.90. The molecule has 2 aromatic rings. The predicted octanol–water partition coefficient (Wildman–Crippen LogP) is 2.92. The zero-order chi connectivity index (χ0) is 17.4. The maximum Gasteiger partial charge on any atom is 0.269 e. The van der Waals surface area contributed by atoms with E-state index in [-0.39, 0.29) is 24.0 Å². The van der Waals surface area contributed by atoms with Crippen LogP contribution in [0.1, 0.15) is 11.1 Å². The topological polar surface area (TPSA) is 72.2 Å². The molecule has 0 fully saturated rings. The number of non-ortho nitro benzene ring substituents is 1. The number of halogens is 1. The van der Waals surface area contributed by atoms with Crippen molar-refractivity contribution >= 4 is 17.7 Å². The smallest absolute Gasteiger partial charge is 0.269 e. The van der Waals surface area contributed by atoms with E-state index in [1.165, 1.54) is 30.3 Å². The van der Waals surface area contributed by atoms with Crippen molar-refractivity contribution in [1.82, 2.24) is 5.32 Å². The average Bonchev–Trinajstić information content (AvgIpc) is 2.59. The first-order chi connectivity index (χ1) is 11.5. The second kappa shape index (κ2) is 8.25. The van der Waals surface area contributed by atoms with E-state index in [9.17, 15) is 19.3 Å². The summed E-state index contributed by atoms with van der Waals surface area (Å²) in [6.07, 6.45) is 2.87. The Hall–Kier alpha value is -3.46. The molecule has 24 heavy (non-hydrogen) atoms. The number of amides is 1. The summed E-state index contributed by atoms with van der Waals surface area (Å²) >= 11 is 0. The van der Waals surface area contributed by atoms with Gasteiger partial charge in [-0.05, 0) is 48.0 Å². The molecule has 6 heteroatoms. The minimum atomic E-state index is -0.486.